The fraction of sp³-hybridized carbons (Fsp3) is 0.467. The van der Waals surface area contributed by atoms with Gasteiger partial charge >= 0.3 is 0 Å². The molecule has 0 unspecified atom stereocenters. The molecule has 0 amide bonds. The summed E-state index contributed by atoms with van der Waals surface area (Å²) in [4.78, 5) is 2.19. The third-order valence-corrected chi connectivity index (χ3v) is 3.42. The molecule has 4 nitrogen and oxygen atoms in total. The molecule has 0 atom stereocenters. The van der Waals surface area contributed by atoms with Gasteiger partial charge in [-0.1, -0.05) is 0 Å². The van der Waals surface area contributed by atoms with E-state index in [-0.39, 0.29) is 5.82 Å². The van der Waals surface area contributed by atoms with Crippen LogP contribution in [0.25, 0.3) is 0 Å². The van der Waals surface area contributed by atoms with E-state index in [2.05, 4.69) is 40.4 Å². The first-order valence-electron chi connectivity index (χ1n) is 6.93. The van der Waals surface area contributed by atoms with Crippen molar-refractivity contribution in [2.45, 2.75) is 46.8 Å². The molecule has 0 N–H and O–H groups in total. The Hall–Kier alpha value is -1.91. The molecule has 0 aliphatic carbocycles. The Bertz CT molecular complexity index is 560. The lowest BCUT2D eigenvalue weighted by molar-refractivity contribution is 0.611. The van der Waals surface area contributed by atoms with Crippen LogP contribution in [0.15, 0.2) is 24.3 Å². The highest BCUT2D eigenvalue weighted by molar-refractivity contribution is 5.47. The van der Waals surface area contributed by atoms with Crippen LogP contribution in [0.2, 0.25) is 0 Å². The highest BCUT2D eigenvalue weighted by Crippen LogP contribution is 2.20. The monoisotopic (exact) mass is 276 g/mol. The predicted octanol–water partition coefficient (Wildman–Crippen LogP) is 3.16. The van der Waals surface area contributed by atoms with Crippen LogP contribution in [0.4, 0.5) is 10.1 Å². The number of halogens is 1. The number of anilines is 1. The largest absolute Gasteiger partial charge is 0.362 e. The molecule has 108 valence electrons. The van der Waals surface area contributed by atoms with Crippen LogP contribution in [0.1, 0.15) is 32.4 Å². The zero-order chi connectivity index (χ0) is 14.7. The zero-order valence-corrected chi connectivity index (χ0v) is 12.5. The molecular formula is C15H21FN4. The summed E-state index contributed by atoms with van der Waals surface area (Å²) in [5.74, 6) is 1.64. The highest BCUT2D eigenvalue weighted by atomic mass is 19.1. The topological polar surface area (TPSA) is 34.0 Å². The van der Waals surface area contributed by atoms with E-state index in [1.54, 1.807) is 12.1 Å². The lowest BCUT2D eigenvalue weighted by atomic mass is 10.2. The quantitative estimate of drug-likeness (QED) is 0.841. The average molecular weight is 276 g/mol. The third kappa shape index (κ3) is 2.98. The number of aryl methyl sites for hydroxylation is 1. The first-order chi connectivity index (χ1) is 9.52. The fourth-order valence-electron chi connectivity index (χ4n) is 2.31. The van der Waals surface area contributed by atoms with Crippen molar-refractivity contribution in [3.05, 3.63) is 41.7 Å². The van der Waals surface area contributed by atoms with Crippen LogP contribution in [0.3, 0.4) is 0 Å². The zero-order valence-electron chi connectivity index (χ0n) is 12.5. The van der Waals surface area contributed by atoms with Crippen molar-refractivity contribution in [3.63, 3.8) is 0 Å². The van der Waals surface area contributed by atoms with Gasteiger partial charge < -0.3 is 9.47 Å². The number of rotatable bonds is 5. The molecule has 2 aromatic rings. The Morgan fingerprint density at radius 3 is 2.40 bits per heavy atom. The summed E-state index contributed by atoms with van der Waals surface area (Å²) in [6, 6.07) is 6.87. The van der Waals surface area contributed by atoms with Gasteiger partial charge in [-0.05, 0) is 52.0 Å². The molecule has 0 aliphatic heterocycles. The molecule has 20 heavy (non-hydrogen) atoms. The second kappa shape index (κ2) is 6.03. The smallest absolute Gasteiger partial charge is 0.152 e. The number of aromatic nitrogens is 3. The molecule has 0 saturated carbocycles. The Balaban J connectivity index is 2.28. The van der Waals surface area contributed by atoms with Gasteiger partial charge in [0.25, 0.3) is 0 Å². The number of benzene rings is 1. The third-order valence-electron chi connectivity index (χ3n) is 3.42. The van der Waals surface area contributed by atoms with Gasteiger partial charge in [0.1, 0.15) is 11.6 Å². The maximum atomic E-state index is 13.1. The molecule has 1 aromatic heterocycles. The van der Waals surface area contributed by atoms with Gasteiger partial charge in [0.05, 0.1) is 6.54 Å². The van der Waals surface area contributed by atoms with E-state index >= 15 is 0 Å². The lowest BCUT2D eigenvalue weighted by Gasteiger charge is -2.28. The maximum absolute atomic E-state index is 13.1. The number of nitrogens with zero attached hydrogens (tertiary/aromatic N) is 4. The molecule has 0 fully saturated rings. The molecular weight excluding hydrogens is 255 g/mol. The summed E-state index contributed by atoms with van der Waals surface area (Å²) >= 11 is 0. The minimum absolute atomic E-state index is 0.218. The van der Waals surface area contributed by atoms with Crippen molar-refractivity contribution < 1.29 is 4.39 Å². The van der Waals surface area contributed by atoms with Crippen LogP contribution in [0, 0.1) is 12.7 Å². The van der Waals surface area contributed by atoms with Gasteiger partial charge in [0, 0.05) is 18.3 Å². The molecule has 0 bridgehead atoms. The van der Waals surface area contributed by atoms with Crippen molar-refractivity contribution in [1.29, 1.82) is 0 Å². The molecule has 5 heteroatoms. The highest BCUT2D eigenvalue weighted by Gasteiger charge is 2.16. The minimum Gasteiger partial charge on any atom is -0.362 e. The Labute approximate surface area is 119 Å². The molecule has 2 rings (SSSR count). The van der Waals surface area contributed by atoms with Crippen molar-refractivity contribution >= 4 is 5.69 Å². The summed E-state index contributed by atoms with van der Waals surface area (Å²) in [6.45, 7) is 9.78. The molecule has 0 spiro atoms. The molecule has 0 aliphatic rings. The van der Waals surface area contributed by atoms with Crippen molar-refractivity contribution in [2.24, 2.45) is 0 Å². The standard InChI is InChI=1S/C15H21FN4/c1-5-19-12(4)17-18-15(19)10-20(11(2)3)14-8-6-13(16)7-9-14/h6-9,11H,5,10H2,1-4H3. The Morgan fingerprint density at radius 2 is 1.85 bits per heavy atom. The predicted molar refractivity (Wildman–Crippen MR) is 78.2 cm³/mol. The van der Waals surface area contributed by atoms with Gasteiger partial charge in [0.15, 0.2) is 5.82 Å². The Kier molecular flexibility index (Phi) is 4.37. The van der Waals surface area contributed by atoms with E-state index in [0.29, 0.717) is 12.6 Å². The maximum Gasteiger partial charge on any atom is 0.152 e. The van der Waals surface area contributed by atoms with E-state index in [1.165, 1.54) is 12.1 Å². The normalized spacial score (nSPS) is 11.1. The van der Waals surface area contributed by atoms with E-state index in [0.717, 1.165) is 23.9 Å². The van der Waals surface area contributed by atoms with E-state index in [9.17, 15) is 4.39 Å². The second-order valence-corrected chi connectivity index (χ2v) is 5.11. The van der Waals surface area contributed by atoms with Crippen LogP contribution in [0.5, 0.6) is 0 Å². The van der Waals surface area contributed by atoms with Crippen LogP contribution in [-0.2, 0) is 13.1 Å². The molecule has 0 radical (unpaired) electrons. The van der Waals surface area contributed by atoms with Crippen molar-refractivity contribution in [3.8, 4) is 0 Å². The first kappa shape index (κ1) is 14.5. The summed E-state index contributed by atoms with van der Waals surface area (Å²) in [7, 11) is 0. The summed E-state index contributed by atoms with van der Waals surface area (Å²) < 4.78 is 15.2. The van der Waals surface area contributed by atoms with Crippen molar-refractivity contribution in [1.82, 2.24) is 14.8 Å². The van der Waals surface area contributed by atoms with Crippen molar-refractivity contribution in [2.75, 3.05) is 4.90 Å². The van der Waals surface area contributed by atoms with Gasteiger partial charge in [-0.15, -0.1) is 10.2 Å². The lowest BCUT2D eigenvalue weighted by Crippen LogP contribution is -2.31. The van der Waals surface area contributed by atoms with Gasteiger partial charge in [-0.25, -0.2) is 4.39 Å². The molecule has 1 aromatic carbocycles. The SMILES string of the molecule is CCn1c(C)nnc1CN(c1ccc(F)cc1)C(C)C. The van der Waals surface area contributed by atoms with Crippen LogP contribution in [-0.4, -0.2) is 20.8 Å². The number of hydrogen-bond acceptors (Lipinski definition) is 3. The van der Waals surface area contributed by atoms with Gasteiger partial charge in [-0.3, -0.25) is 0 Å². The fourth-order valence-corrected chi connectivity index (χ4v) is 2.31. The van der Waals surface area contributed by atoms with Crippen LogP contribution >= 0.6 is 0 Å². The van der Waals surface area contributed by atoms with Gasteiger partial charge in [-0.2, -0.15) is 0 Å². The minimum atomic E-state index is -0.218. The average Bonchev–Trinajstić information content (AvgIpc) is 2.77. The molecule has 1 heterocycles. The van der Waals surface area contributed by atoms with Gasteiger partial charge in [0.2, 0.25) is 0 Å². The summed E-state index contributed by atoms with van der Waals surface area (Å²) in [5.41, 5.74) is 0.990. The van der Waals surface area contributed by atoms with Crippen LogP contribution < -0.4 is 4.90 Å². The molecule has 0 saturated heterocycles. The summed E-state index contributed by atoms with van der Waals surface area (Å²) in [5, 5.41) is 8.38. The van der Waals surface area contributed by atoms with E-state index in [4.69, 9.17) is 0 Å². The summed E-state index contributed by atoms with van der Waals surface area (Å²) in [6.07, 6.45) is 0. The number of hydrogen-bond donors (Lipinski definition) is 0. The second-order valence-electron chi connectivity index (χ2n) is 5.11. The van der Waals surface area contributed by atoms with E-state index in [1.807, 2.05) is 6.92 Å². The van der Waals surface area contributed by atoms with E-state index < -0.39 is 0 Å². The first-order valence-corrected chi connectivity index (χ1v) is 6.93. The Morgan fingerprint density at radius 1 is 1.20 bits per heavy atom.